The maximum atomic E-state index is 15.0. The van der Waals surface area contributed by atoms with E-state index in [1.165, 1.54) is 11.6 Å². The van der Waals surface area contributed by atoms with Gasteiger partial charge in [-0.1, -0.05) is 94.0 Å². The van der Waals surface area contributed by atoms with E-state index in [1.54, 1.807) is 53.4 Å². The van der Waals surface area contributed by atoms with E-state index >= 15 is 0 Å². The number of ether oxygens (including phenoxy) is 4. The molecule has 5 fully saturated rings. The fourth-order valence-corrected chi connectivity index (χ4v) is 14.6. The molecule has 0 radical (unpaired) electrons. The Kier molecular flexibility index (Phi) is 18.3. The van der Waals surface area contributed by atoms with Crippen LogP contribution in [0.1, 0.15) is 139 Å². The number of esters is 1. The number of benzene rings is 2. The number of aliphatic hydroxyl groups excluding tert-OH is 2. The highest BCUT2D eigenvalue weighted by Gasteiger charge is 2.76. The van der Waals surface area contributed by atoms with Crippen molar-refractivity contribution in [3.8, 4) is 5.75 Å². The van der Waals surface area contributed by atoms with Gasteiger partial charge in [0, 0.05) is 54.6 Å². The smallest absolute Gasteiger partial charge is 0.457 e. The Bertz CT molecular complexity index is 2600. The number of aromatic nitrogens is 1. The fourth-order valence-electron chi connectivity index (χ4n) is 14.2. The van der Waals surface area contributed by atoms with Crippen molar-refractivity contribution in [3.63, 3.8) is 0 Å². The number of hydrogen-bond donors (Lipinski definition) is 5. The molecule has 5 aliphatic carbocycles. The zero-order valence-electron chi connectivity index (χ0n) is 44.4. The molecule has 9 rings (SSSR count). The van der Waals surface area contributed by atoms with Crippen molar-refractivity contribution >= 4 is 25.4 Å². The van der Waals surface area contributed by atoms with Crippen molar-refractivity contribution in [2.24, 2.45) is 34.5 Å². The van der Waals surface area contributed by atoms with Crippen LogP contribution in [-0.4, -0.2) is 94.5 Å². The standard InChI is InChI=1S/C60H79N2O13P/c1-58-27-24-47(63)35-46(58)21-22-48-49-36-54-60(59(49,2)37-50(64)56(48)58,74-57(73-54)43-18-9-6-10-19-43)53(66)40-72-55(67)33-42-25-29-62(30-26-42)39-45-34-44(20-23-52(45)75-76(68,69)70)51(65)38-61-28-12-3-4-13-31-71-32-14-11-17-41-15-7-5-8-16-41/h5,7-8,15-16,20,23-27,29-30,34-35,43,48-51,54,56-57,61,64-65H,3-4,6,9-14,17-19,21-22,28,31-33,36-40H2,1-2H3,(H-,68,69,70)/p+1/t48?,49?,50-,51?,54-,56?,57+,58-,59-,60+/m0/s1. The first-order chi connectivity index (χ1) is 36.6. The first-order valence-electron chi connectivity index (χ1n) is 28.1. The minimum atomic E-state index is -4.91. The number of Topliss-reactive ketones (excluding diaryl/α,β-unsaturated/α-hetero) is 1. The third-order valence-corrected chi connectivity index (χ3v) is 18.4. The maximum Gasteiger partial charge on any atom is 0.524 e. The van der Waals surface area contributed by atoms with Gasteiger partial charge in [0.2, 0.25) is 5.78 Å². The van der Waals surface area contributed by atoms with E-state index < -0.39 is 61.4 Å². The second-order valence-electron chi connectivity index (χ2n) is 23.0. The number of phosphoric acid groups is 1. The molecule has 2 heterocycles. The van der Waals surface area contributed by atoms with Gasteiger partial charge in [-0.05, 0) is 130 Å². The van der Waals surface area contributed by atoms with E-state index in [4.69, 9.17) is 23.5 Å². The number of fused-ring (bicyclic) bond motifs is 7. The lowest BCUT2D eigenvalue weighted by Gasteiger charge is -2.59. The molecule has 10 atom stereocenters. The van der Waals surface area contributed by atoms with Gasteiger partial charge in [-0.2, -0.15) is 0 Å². The summed E-state index contributed by atoms with van der Waals surface area (Å²) < 4.78 is 44.3. The van der Waals surface area contributed by atoms with Crippen molar-refractivity contribution in [3.05, 3.63) is 119 Å². The van der Waals surface area contributed by atoms with Crippen LogP contribution in [0.15, 0.2) is 96.9 Å². The molecule has 1 aliphatic heterocycles. The summed E-state index contributed by atoms with van der Waals surface area (Å²) in [4.78, 5) is 60.4. The molecule has 412 valence electrons. The second-order valence-corrected chi connectivity index (χ2v) is 24.1. The Balaban J connectivity index is 0.769. The number of aryl methyl sites for hydroxylation is 1. The molecular weight excluding hydrogens is 988 g/mol. The summed E-state index contributed by atoms with van der Waals surface area (Å²) in [7, 11) is -4.91. The number of hydrogen-bond acceptors (Lipinski definition) is 12. The van der Waals surface area contributed by atoms with Crippen LogP contribution in [0.5, 0.6) is 5.75 Å². The Morgan fingerprint density at radius 3 is 2.43 bits per heavy atom. The zero-order chi connectivity index (χ0) is 53.5. The van der Waals surface area contributed by atoms with E-state index in [0.29, 0.717) is 36.1 Å². The van der Waals surface area contributed by atoms with Gasteiger partial charge in [-0.3, -0.25) is 24.2 Å². The van der Waals surface area contributed by atoms with Crippen molar-refractivity contribution in [1.29, 1.82) is 0 Å². The molecule has 4 unspecified atom stereocenters. The fraction of sp³-hybridized carbons (Fsp3) is 0.600. The highest BCUT2D eigenvalue weighted by Crippen LogP contribution is 2.70. The Hall–Kier alpha value is -4.41. The predicted molar refractivity (Wildman–Crippen MR) is 283 cm³/mol. The topological polar surface area (TPSA) is 211 Å². The quantitative estimate of drug-likeness (QED) is 0.0234. The number of rotatable bonds is 25. The van der Waals surface area contributed by atoms with Crippen molar-refractivity contribution in [2.75, 3.05) is 32.9 Å². The third kappa shape index (κ3) is 12.7. The Labute approximate surface area is 448 Å². The van der Waals surface area contributed by atoms with Gasteiger partial charge in [0.1, 0.15) is 5.75 Å². The molecule has 76 heavy (non-hydrogen) atoms. The molecule has 2 aromatic carbocycles. The monoisotopic (exact) mass is 1070 g/mol. The summed E-state index contributed by atoms with van der Waals surface area (Å²) >= 11 is 0. The van der Waals surface area contributed by atoms with Crippen LogP contribution in [0.4, 0.5) is 0 Å². The summed E-state index contributed by atoms with van der Waals surface area (Å²) in [6.45, 7) is 6.40. The zero-order valence-corrected chi connectivity index (χ0v) is 45.3. The van der Waals surface area contributed by atoms with Crippen LogP contribution < -0.4 is 14.4 Å². The van der Waals surface area contributed by atoms with E-state index in [2.05, 4.69) is 43.4 Å². The molecule has 15 nitrogen and oxygen atoms in total. The summed E-state index contributed by atoms with van der Waals surface area (Å²) in [6, 6.07) is 18.7. The number of aliphatic hydroxyl groups is 2. The van der Waals surface area contributed by atoms with Gasteiger partial charge in [0.15, 0.2) is 43.2 Å². The number of allylic oxidation sites excluding steroid dienone is 4. The number of pyridine rings is 1. The molecular formula is C60H80N2O13P+. The third-order valence-electron chi connectivity index (χ3n) is 18.0. The maximum absolute atomic E-state index is 15.0. The molecule has 0 bridgehead atoms. The number of carbonyl (C=O) groups is 3. The van der Waals surface area contributed by atoms with Gasteiger partial charge in [-0.25, -0.2) is 9.13 Å². The number of nitrogens with zero attached hydrogens (tertiary/aromatic N) is 1. The number of phosphoric ester groups is 1. The van der Waals surface area contributed by atoms with E-state index in [0.717, 1.165) is 115 Å². The van der Waals surface area contributed by atoms with Crippen LogP contribution in [-0.2, 0) is 57.3 Å². The highest BCUT2D eigenvalue weighted by atomic mass is 31.2. The van der Waals surface area contributed by atoms with Crippen molar-refractivity contribution < 1.29 is 67.0 Å². The largest absolute Gasteiger partial charge is 0.524 e. The minimum absolute atomic E-state index is 0.00449. The van der Waals surface area contributed by atoms with Gasteiger partial charge < -0.3 is 39.0 Å². The first kappa shape index (κ1) is 56.3. The molecule has 4 saturated carbocycles. The highest BCUT2D eigenvalue weighted by molar-refractivity contribution is 7.46. The molecule has 3 aromatic rings. The molecule has 16 heteroatoms. The molecule has 0 amide bonds. The van der Waals surface area contributed by atoms with Crippen molar-refractivity contribution in [1.82, 2.24) is 5.32 Å². The van der Waals surface area contributed by atoms with E-state index in [9.17, 15) is 38.9 Å². The number of nitrogens with one attached hydrogen (secondary N) is 1. The number of unbranched alkanes of at least 4 members (excludes halogenated alkanes) is 4. The normalized spacial score (nSPS) is 29.4. The van der Waals surface area contributed by atoms with Crippen LogP contribution in [0.3, 0.4) is 0 Å². The summed E-state index contributed by atoms with van der Waals surface area (Å²) in [5.74, 6) is -0.916. The minimum Gasteiger partial charge on any atom is -0.457 e. The van der Waals surface area contributed by atoms with Gasteiger partial charge >= 0.3 is 13.8 Å². The van der Waals surface area contributed by atoms with Crippen molar-refractivity contribution in [2.45, 2.75) is 160 Å². The SMILES string of the molecule is C[C@]12C=CC(=O)C=C1CCC1C2[C@@H](O)C[C@@]2(C)C1C[C@@H]1O[C@@H](C3CCCCC3)O[C@]12C(=O)COC(=O)Cc1cc[n+](Cc2cc(C(O)CNCCCCCCOCCCCc3ccccc3)ccc2OP(=O)(O)O)cc1. The first-order valence-corrected chi connectivity index (χ1v) is 29.6. The average molecular weight is 1070 g/mol. The van der Waals surface area contributed by atoms with Gasteiger partial charge in [0.05, 0.1) is 30.3 Å². The van der Waals surface area contributed by atoms with Gasteiger partial charge in [-0.15, -0.1) is 0 Å². The van der Waals surface area contributed by atoms with Gasteiger partial charge in [0.25, 0.3) is 0 Å². The number of carbonyl (C=O) groups excluding carboxylic acids is 3. The average Bonchev–Trinajstić information content (AvgIpc) is 4.03. The van der Waals surface area contributed by atoms with Crippen LogP contribution in [0, 0.1) is 34.5 Å². The summed E-state index contributed by atoms with van der Waals surface area (Å²) in [5.41, 5.74) is 1.35. The molecule has 0 spiro atoms. The Morgan fingerprint density at radius 1 is 0.921 bits per heavy atom. The molecule has 1 saturated heterocycles. The summed E-state index contributed by atoms with van der Waals surface area (Å²) in [5, 5.41) is 26.6. The van der Waals surface area contributed by atoms with E-state index in [-0.39, 0.29) is 54.0 Å². The summed E-state index contributed by atoms with van der Waals surface area (Å²) in [6.07, 6.45) is 20.8. The van der Waals surface area contributed by atoms with Crippen LogP contribution in [0.2, 0.25) is 0 Å². The molecule has 6 aliphatic rings. The lowest BCUT2D eigenvalue weighted by atomic mass is 9.46. The van der Waals surface area contributed by atoms with E-state index in [1.807, 2.05) is 12.1 Å². The number of ketones is 2. The second kappa shape index (κ2) is 24.7. The predicted octanol–water partition coefficient (Wildman–Crippen LogP) is 8.32. The molecule has 1 aromatic heterocycles. The van der Waals surface area contributed by atoms with Crippen LogP contribution >= 0.6 is 7.82 Å². The lowest BCUT2D eigenvalue weighted by Crippen LogP contribution is -2.63. The van der Waals surface area contributed by atoms with Crippen LogP contribution in [0.25, 0.3) is 0 Å². The Morgan fingerprint density at radius 2 is 1.67 bits per heavy atom. The molecule has 5 N–H and O–H groups in total. The lowest BCUT2D eigenvalue weighted by molar-refractivity contribution is -0.688.